The van der Waals surface area contributed by atoms with Crippen LogP contribution in [0.4, 0.5) is 5.69 Å². The fraction of sp³-hybridized carbons (Fsp3) is 0.355. The highest BCUT2D eigenvalue weighted by molar-refractivity contribution is 7.92. The van der Waals surface area contributed by atoms with E-state index < -0.39 is 28.5 Å². The third kappa shape index (κ3) is 7.64. The van der Waals surface area contributed by atoms with Crippen LogP contribution < -0.4 is 9.62 Å². The molecule has 2 atom stereocenters. The number of nitrogens with zero attached hydrogens (tertiary/aromatic N) is 2. The number of amides is 2. The monoisotopic (exact) mass is 583 g/mol. The van der Waals surface area contributed by atoms with E-state index in [4.69, 9.17) is 11.6 Å². The molecule has 2 amide bonds. The second-order valence-electron chi connectivity index (χ2n) is 9.98. The minimum Gasteiger partial charge on any atom is -0.352 e. The second kappa shape index (κ2) is 13.8. The smallest absolute Gasteiger partial charge is 0.264 e. The molecule has 0 radical (unpaired) electrons. The van der Waals surface area contributed by atoms with Crippen LogP contribution in [0.3, 0.4) is 0 Å². The third-order valence-electron chi connectivity index (χ3n) is 7.04. The number of nitrogens with one attached hydrogen (secondary N) is 1. The topological polar surface area (TPSA) is 86.8 Å². The van der Waals surface area contributed by atoms with Gasteiger partial charge in [0.15, 0.2) is 0 Å². The molecule has 0 saturated heterocycles. The normalized spacial score (nSPS) is 12.8. The first kappa shape index (κ1) is 31.2. The van der Waals surface area contributed by atoms with Crippen molar-refractivity contribution in [1.29, 1.82) is 0 Å². The molecule has 3 aromatic rings. The summed E-state index contributed by atoms with van der Waals surface area (Å²) >= 11 is 6.08. The van der Waals surface area contributed by atoms with Crippen molar-refractivity contribution in [2.45, 2.75) is 71.0 Å². The predicted molar refractivity (Wildman–Crippen MR) is 161 cm³/mol. The maximum absolute atomic E-state index is 14.1. The molecule has 0 aliphatic rings. The Bertz CT molecular complexity index is 1410. The van der Waals surface area contributed by atoms with Crippen LogP contribution in [0, 0.1) is 13.8 Å². The molecule has 0 heterocycles. The van der Waals surface area contributed by atoms with Gasteiger partial charge in [0.05, 0.1) is 10.6 Å². The van der Waals surface area contributed by atoms with E-state index >= 15 is 0 Å². The summed E-state index contributed by atoms with van der Waals surface area (Å²) in [7, 11) is -4.10. The number of sulfonamides is 1. The molecule has 1 N–H and O–H groups in total. The van der Waals surface area contributed by atoms with E-state index in [0.717, 1.165) is 27.4 Å². The van der Waals surface area contributed by atoms with Crippen molar-refractivity contribution in [2.24, 2.45) is 0 Å². The lowest BCUT2D eigenvalue weighted by Gasteiger charge is -2.34. The quantitative estimate of drug-likeness (QED) is 0.289. The molecule has 40 heavy (non-hydrogen) atoms. The van der Waals surface area contributed by atoms with E-state index in [0.29, 0.717) is 17.1 Å². The maximum Gasteiger partial charge on any atom is 0.264 e. The van der Waals surface area contributed by atoms with Gasteiger partial charge >= 0.3 is 0 Å². The first-order valence-corrected chi connectivity index (χ1v) is 15.3. The van der Waals surface area contributed by atoms with E-state index in [1.54, 1.807) is 54.6 Å². The molecule has 0 aromatic heterocycles. The molecule has 0 bridgehead atoms. The van der Waals surface area contributed by atoms with Crippen molar-refractivity contribution in [3.8, 4) is 0 Å². The number of hydrogen-bond donors (Lipinski definition) is 1. The Morgan fingerprint density at radius 3 is 2.12 bits per heavy atom. The summed E-state index contributed by atoms with van der Waals surface area (Å²) in [6, 6.07) is 19.5. The Kier molecular flexibility index (Phi) is 10.8. The van der Waals surface area contributed by atoms with Crippen LogP contribution >= 0.6 is 11.6 Å². The van der Waals surface area contributed by atoms with Gasteiger partial charge in [0.1, 0.15) is 12.6 Å². The lowest BCUT2D eigenvalue weighted by molar-refractivity contribution is -0.140. The van der Waals surface area contributed by atoms with Gasteiger partial charge in [-0.15, -0.1) is 0 Å². The van der Waals surface area contributed by atoms with Gasteiger partial charge in [-0.25, -0.2) is 8.42 Å². The van der Waals surface area contributed by atoms with Crippen LogP contribution in [-0.4, -0.2) is 43.8 Å². The molecule has 0 aliphatic carbocycles. The lowest BCUT2D eigenvalue weighted by Crippen LogP contribution is -2.53. The van der Waals surface area contributed by atoms with Crippen LogP contribution in [0.25, 0.3) is 0 Å². The van der Waals surface area contributed by atoms with Crippen LogP contribution in [0.5, 0.6) is 0 Å². The van der Waals surface area contributed by atoms with Crippen molar-refractivity contribution in [2.75, 3.05) is 10.8 Å². The number of rotatable bonds is 12. The summed E-state index contributed by atoms with van der Waals surface area (Å²) in [4.78, 5) is 29.0. The highest BCUT2D eigenvalue weighted by Gasteiger charge is 2.34. The van der Waals surface area contributed by atoms with Gasteiger partial charge in [-0.2, -0.15) is 0 Å². The minimum atomic E-state index is -4.10. The zero-order valence-corrected chi connectivity index (χ0v) is 25.3. The summed E-state index contributed by atoms with van der Waals surface area (Å²) < 4.78 is 28.9. The average Bonchev–Trinajstić information content (AvgIpc) is 2.94. The molecular formula is C31H38ClN3O4S. The highest BCUT2D eigenvalue weighted by Crippen LogP contribution is 2.27. The minimum absolute atomic E-state index is 0.0699. The fourth-order valence-corrected chi connectivity index (χ4v) is 5.83. The number of carbonyl (C=O) groups is 2. The molecule has 0 spiro atoms. The molecule has 3 aromatic carbocycles. The van der Waals surface area contributed by atoms with Gasteiger partial charge in [0, 0.05) is 17.6 Å². The van der Waals surface area contributed by atoms with Crippen LogP contribution in [0.15, 0.2) is 77.7 Å². The summed E-state index contributed by atoms with van der Waals surface area (Å²) in [5.74, 6) is -0.762. The summed E-state index contributed by atoms with van der Waals surface area (Å²) in [6.45, 7) is 9.20. The maximum atomic E-state index is 14.1. The van der Waals surface area contributed by atoms with E-state index in [-0.39, 0.29) is 23.4 Å². The number of aryl methyl sites for hydroxylation is 2. The van der Waals surface area contributed by atoms with Gasteiger partial charge in [-0.3, -0.25) is 13.9 Å². The second-order valence-corrected chi connectivity index (χ2v) is 12.3. The highest BCUT2D eigenvalue weighted by atomic mass is 35.5. The zero-order chi connectivity index (χ0) is 29.4. The largest absolute Gasteiger partial charge is 0.352 e. The van der Waals surface area contributed by atoms with E-state index in [1.165, 1.54) is 17.0 Å². The number of hydrogen-bond acceptors (Lipinski definition) is 4. The lowest BCUT2D eigenvalue weighted by atomic mass is 10.1. The van der Waals surface area contributed by atoms with Gasteiger partial charge in [-0.05, 0) is 86.7 Å². The molecule has 214 valence electrons. The summed E-state index contributed by atoms with van der Waals surface area (Å²) in [5.41, 5.74) is 3.06. The number of halogens is 1. The molecule has 3 rings (SSSR count). The van der Waals surface area contributed by atoms with Crippen molar-refractivity contribution >= 4 is 39.1 Å². The standard InChI is InChI=1S/C31H38ClN3O4S/c1-6-24(5)33-31(37)29(7-2)34(20-25-14-16-26(32)17-15-25)30(36)21-35(27-18-13-22(3)23(4)19-27)40(38,39)28-11-9-8-10-12-28/h8-19,24,29H,6-7,20-21H2,1-5H3,(H,33,37)/t24-,29+/m1/s1. The van der Waals surface area contributed by atoms with Crippen LogP contribution in [-0.2, 0) is 26.2 Å². The Hall–Kier alpha value is -3.36. The van der Waals surface area contributed by atoms with Gasteiger partial charge in [0.25, 0.3) is 10.0 Å². The first-order chi connectivity index (χ1) is 19.0. The Balaban J connectivity index is 2.06. The van der Waals surface area contributed by atoms with E-state index in [9.17, 15) is 18.0 Å². The molecule has 0 fully saturated rings. The molecule has 0 saturated carbocycles. The Morgan fingerprint density at radius 2 is 1.55 bits per heavy atom. The van der Waals surface area contributed by atoms with Gasteiger partial charge in [0.2, 0.25) is 11.8 Å². The van der Waals surface area contributed by atoms with E-state index in [2.05, 4.69) is 5.32 Å². The summed E-state index contributed by atoms with van der Waals surface area (Å²) in [6.07, 6.45) is 1.10. The molecule has 7 nitrogen and oxygen atoms in total. The van der Waals surface area contributed by atoms with Crippen molar-refractivity contribution in [3.05, 3.63) is 94.5 Å². The Labute approximate surface area is 243 Å². The number of carbonyl (C=O) groups excluding carboxylic acids is 2. The predicted octanol–water partition coefficient (Wildman–Crippen LogP) is 5.87. The van der Waals surface area contributed by atoms with Crippen LogP contribution in [0.1, 0.15) is 50.3 Å². The average molecular weight is 584 g/mol. The van der Waals surface area contributed by atoms with Crippen molar-refractivity contribution in [3.63, 3.8) is 0 Å². The molecule has 0 unspecified atom stereocenters. The van der Waals surface area contributed by atoms with Crippen LogP contribution in [0.2, 0.25) is 5.02 Å². The number of benzene rings is 3. The van der Waals surface area contributed by atoms with Gasteiger partial charge < -0.3 is 10.2 Å². The first-order valence-electron chi connectivity index (χ1n) is 13.5. The van der Waals surface area contributed by atoms with Crippen molar-refractivity contribution in [1.82, 2.24) is 10.2 Å². The van der Waals surface area contributed by atoms with E-state index in [1.807, 2.05) is 40.7 Å². The van der Waals surface area contributed by atoms with Crippen molar-refractivity contribution < 1.29 is 18.0 Å². The van der Waals surface area contributed by atoms with Gasteiger partial charge in [-0.1, -0.05) is 61.8 Å². The summed E-state index contributed by atoms with van der Waals surface area (Å²) in [5, 5.41) is 3.53. The molecule has 0 aliphatic heterocycles. The molecule has 9 heteroatoms. The fourth-order valence-electron chi connectivity index (χ4n) is 4.28. The molecular weight excluding hydrogens is 546 g/mol. The zero-order valence-electron chi connectivity index (χ0n) is 23.7. The third-order valence-corrected chi connectivity index (χ3v) is 9.08. The Morgan fingerprint density at radius 1 is 0.900 bits per heavy atom. The number of anilines is 1. The SMILES string of the molecule is CC[C@@H](C)NC(=O)[C@H](CC)N(Cc1ccc(Cl)cc1)C(=O)CN(c1ccc(C)c(C)c1)S(=O)(=O)c1ccccc1.